The minimum absolute atomic E-state index is 0.161. The molecular formula is C14H15ClFN5. The Morgan fingerprint density at radius 3 is 2.38 bits per heavy atom. The number of anilines is 3. The van der Waals surface area contributed by atoms with Gasteiger partial charge in [0.1, 0.15) is 16.8 Å². The largest absolute Gasteiger partial charge is 0.368 e. The SMILES string of the molecule is Nc1nc(Cl)cc(N2CCN(c3ccccc3F)CC2)n1. The summed E-state index contributed by atoms with van der Waals surface area (Å²) in [5, 5.41) is 0.328. The Morgan fingerprint density at radius 2 is 1.71 bits per heavy atom. The highest BCUT2D eigenvalue weighted by atomic mass is 35.5. The molecule has 3 rings (SSSR count). The molecule has 1 aromatic carbocycles. The second-order valence-electron chi connectivity index (χ2n) is 4.83. The van der Waals surface area contributed by atoms with Gasteiger partial charge in [0.2, 0.25) is 5.95 Å². The average molecular weight is 308 g/mol. The summed E-state index contributed by atoms with van der Waals surface area (Å²) < 4.78 is 13.8. The number of nitrogen functional groups attached to an aromatic ring is 1. The number of nitrogens with two attached hydrogens (primary N) is 1. The molecule has 0 saturated carbocycles. The van der Waals surface area contributed by atoms with Crippen LogP contribution >= 0.6 is 11.6 Å². The van der Waals surface area contributed by atoms with E-state index in [1.807, 2.05) is 11.0 Å². The maximum absolute atomic E-state index is 13.8. The molecule has 2 heterocycles. The van der Waals surface area contributed by atoms with Gasteiger partial charge in [-0.2, -0.15) is 4.98 Å². The summed E-state index contributed by atoms with van der Waals surface area (Å²) in [6.07, 6.45) is 0. The Labute approximate surface area is 127 Å². The van der Waals surface area contributed by atoms with Crippen LogP contribution in [0.1, 0.15) is 0 Å². The molecule has 2 aromatic rings. The van der Waals surface area contributed by atoms with Crippen molar-refractivity contribution in [2.45, 2.75) is 0 Å². The molecule has 0 amide bonds. The molecule has 2 N–H and O–H groups in total. The van der Waals surface area contributed by atoms with Crippen LogP contribution in [0.25, 0.3) is 0 Å². The molecular weight excluding hydrogens is 293 g/mol. The van der Waals surface area contributed by atoms with Crippen LogP contribution in [0.2, 0.25) is 5.15 Å². The predicted octanol–water partition coefficient (Wildman–Crippen LogP) is 2.18. The quantitative estimate of drug-likeness (QED) is 0.862. The minimum Gasteiger partial charge on any atom is -0.368 e. The lowest BCUT2D eigenvalue weighted by atomic mass is 10.2. The molecule has 0 atom stereocenters. The second-order valence-corrected chi connectivity index (χ2v) is 5.22. The minimum atomic E-state index is -0.194. The molecule has 0 aliphatic carbocycles. The van der Waals surface area contributed by atoms with Crippen molar-refractivity contribution in [3.8, 4) is 0 Å². The molecule has 0 unspecified atom stereocenters. The monoisotopic (exact) mass is 307 g/mol. The Balaban J connectivity index is 1.72. The Hall–Kier alpha value is -2.08. The molecule has 1 aliphatic rings. The van der Waals surface area contributed by atoms with Crippen molar-refractivity contribution in [2.75, 3.05) is 41.7 Å². The van der Waals surface area contributed by atoms with E-state index in [1.54, 1.807) is 18.2 Å². The standard InChI is InChI=1S/C14H15ClFN5/c15-12-9-13(19-14(17)18-12)21-7-5-20(6-8-21)11-4-2-1-3-10(11)16/h1-4,9H,5-8H2,(H2,17,18,19). The van der Waals surface area contributed by atoms with E-state index in [-0.39, 0.29) is 11.8 Å². The van der Waals surface area contributed by atoms with Crippen LogP contribution in [0.5, 0.6) is 0 Å². The van der Waals surface area contributed by atoms with Crippen LogP contribution in [0.15, 0.2) is 30.3 Å². The van der Waals surface area contributed by atoms with E-state index in [2.05, 4.69) is 14.9 Å². The van der Waals surface area contributed by atoms with Gasteiger partial charge in [-0.1, -0.05) is 23.7 Å². The fourth-order valence-corrected chi connectivity index (χ4v) is 2.65. The van der Waals surface area contributed by atoms with E-state index < -0.39 is 0 Å². The van der Waals surface area contributed by atoms with Crippen molar-refractivity contribution >= 4 is 29.1 Å². The van der Waals surface area contributed by atoms with Gasteiger partial charge in [-0.05, 0) is 12.1 Å². The van der Waals surface area contributed by atoms with Crippen molar-refractivity contribution in [3.05, 3.63) is 41.3 Å². The summed E-state index contributed by atoms with van der Waals surface area (Å²) in [5.74, 6) is 0.676. The summed E-state index contributed by atoms with van der Waals surface area (Å²) in [7, 11) is 0. The average Bonchev–Trinajstić information content (AvgIpc) is 2.47. The van der Waals surface area contributed by atoms with Crippen LogP contribution < -0.4 is 15.5 Å². The number of benzene rings is 1. The van der Waals surface area contributed by atoms with Gasteiger partial charge in [-0.25, -0.2) is 9.37 Å². The van der Waals surface area contributed by atoms with Gasteiger partial charge in [0.25, 0.3) is 0 Å². The predicted molar refractivity (Wildman–Crippen MR) is 82.3 cm³/mol. The maximum Gasteiger partial charge on any atom is 0.223 e. The van der Waals surface area contributed by atoms with Gasteiger partial charge in [0.05, 0.1) is 5.69 Å². The lowest BCUT2D eigenvalue weighted by Crippen LogP contribution is -2.47. The van der Waals surface area contributed by atoms with E-state index in [0.717, 1.165) is 13.1 Å². The summed E-state index contributed by atoms with van der Waals surface area (Å²) >= 11 is 5.90. The van der Waals surface area contributed by atoms with Crippen molar-refractivity contribution in [1.29, 1.82) is 0 Å². The summed E-state index contributed by atoms with van der Waals surface area (Å²) in [6, 6.07) is 8.50. The first-order valence-corrected chi connectivity index (χ1v) is 7.06. The fraction of sp³-hybridized carbons (Fsp3) is 0.286. The number of para-hydroxylation sites is 1. The lowest BCUT2D eigenvalue weighted by molar-refractivity contribution is 0.596. The number of rotatable bonds is 2. The number of hydrogen-bond donors (Lipinski definition) is 1. The van der Waals surface area contributed by atoms with E-state index in [0.29, 0.717) is 29.7 Å². The van der Waals surface area contributed by atoms with Gasteiger partial charge in [0.15, 0.2) is 0 Å². The van der Waals surface area contributed by atoms with Gasteiger partial charge < -0.3 is 15.5 Å². The van der Waals surface area contributed by atoms with Crippen molar-refractivity contribution in [2.24, 2.45) is 0 Å². The third-order valence-electron chi connectivity index (χ3n) is 3.50. The third kappa shape index (κ3) is 3.00. The third-order valence-corrected chi connectivity index (χ3v) is 3.69. The fourth-order valence-electron chi connectivity index (χ4n) is 2.47. The first-order chi connectivity index (χ1) is 10.1. The van der Waals surface area contributed by atoms with E-state index in [9.17, 15) is 4.39 Å². The van der Waals surface area contributed by atoms with Crippen molar-refractivity contribution in [1.82, 2.24) is 9.97 Å². The molecule has 1 saturated heterocycles. The number of halogens is 2. The van der Waals surface area contributed by atoms with Crippen LogP contribution in [0.4, 0.5) is 21.8 Å². The smallest absolute Gasteiger partial charge is 0.223 e. The first kappa shape index (κ1) is 13.9. The molecule has 110 valence electrons. The van der Waals surface area contributed by atoms with Crippen LogP contribution in [0.3, 0.4) is 0 Å². The number of piperazine rings is 1. The number of nitrogens with zero attached hydrogens (tertiary/aromatic N) is 4. The molecule has 0 bridgehead atoms. The van der Waals surface area contributed by atoms with E-state index in [4.69, 9.17) is 17.3 Å². The molecule has 7 heteroatoms. The Morgan fingerprint density at radius 1 is 1.05 bits per heavy atom. The molecule has 1 aromatic heterocycles. The molecule has 21 heavy (non-hydrogen) atoms. The molecule has 0 radical (unpaired) electrons. The molecule has 0 spiro atoms. The first-order valence-electron chi connectivity index (χ1n) is 6.68. The molecule has 5 nitrogen and oxygen atoms in total. The van der Waals surface area contributed by atoms with E-state index >= 15 is 0 Å². The molecule has 1 fully saturated rings. The van der Waals surface area contributed by atoms with Crippen LogP contribution in [-0.2, 0) is 0 Å². The summed E-state index contributed by atoms with van der Waals surface area (Å²) in [4.78, 5) is 12.1. The topological polar surface area (TPSA) is 58.3 Å². The highest BCUT2D eigenvalue weighted by Gasteiger charge is 2.20. The van der Waals surface area contributed by atoms with Gasteiger partial charge >= 0.3 is 0 Å². The zero-order chi connectivity index (χ0) is 14.8. The summed E-state index contributed by atoms with van der Waals surface area (Å²) in [6.45, 7) is 2.87. The summed E-state index contributed by atoms with van der Waals surface area (Å²) in [5.41, 5.74) is 6.25. The van der Waals surface area contributed by atoms with E-state index in [1.165, 1.54) is 6.07 Å². The van der Waals surface area contributed by atoms with Crippen LogP contribution in [-0.4, -0.2) is 36.1 Å². The second kappa shape index (κ2) is 5.73. The molecule has 1 aliphatic heterocycles. The van der Waals surface area contributed by atoms with Gasteiger partial charge in [-0.3, -0.25) is 0 Å². The zero-order valence-electron chi connectivity index (χ0n) is 11.3. The maximum atomic E-state index is 13.8. The van der Waals surface area contributed by atoms with Crippen molar-refractivity contribution < 1.29 is 4.39 Å². The Kier molecular flexibility index (Phi) is 3.79. The zero-order valence-corrected chi connectivity index (χ0v) is 12.1. The normalized spacial score (nSPS) is 15.3. The number of hydrogen-bond acceptors (Lipinski definition) is 5. The number of aromatic nitrogens is 2. The Bertz CT molecular complexity index is 623. The highest BCUT2D eigenvalue weighted by molar-refractivity contribution is 6.29. The van der Waals surface area contributed by atoms with Crippen LogP contribution in [0, 0.1) is 5.82 Å². The van der Waals surface area contributed by atoms with Crippen molar-refractivity contribution in [3.63, 3.8) is 0 Å². The van der Waals surface area contributed by atoms with Gasteiger partial charge in [0, 0.05) is 32.2 Å². The van der Waals surface area contributed by atoms with Gasteiger partial charge in [-0.15, -0.1) is 0 Å². The highest BCUT2D eigenvalue weighted by Crippen LogP contribution is 2.23. The lowest BCUT2D eigenvalue weighted by Gasteiger charge is -2.36.